The molecule has 9 heteroatoms. The van der Waals surface area contributed by atoms with Gasteiger partial charge in [0, 0.05) is 6.54 Å². The second kappa shape index (κ2) is 4.74. The molecule has 0 amide bonds. The van der Waals surface area contributed by atoms with Gasteiger partial charge >= 0.3 is 0 Å². The van der Waals surface area contributed by atoms with Crippen LogP contribution in [-0.4, -0.2) is 32.6 Å². The molecule has 0 spiro atoms. The highest BCUT2D eigenvalue weighted by Gasteiger charge is 2.32. The van der Waals surface area contributed by atoms with Crippen LogP contribution < -0.4 is 5.73 Å². The van der Waals surface area contributed by atoms with Crippen LogP contribution in [0.1, 0.15) is 17.8 Å². The minimum atomic E-state index is -3.52. The number of hydrogen-bond acceptors (Lipinski definition) is 4. The Morgan fingerprint density at radius 3 is 2.50 bits per heavy atom. The molecule has 0 atom stereocenters. The van der Waals surface area contributed by atoms with Crippen molar-refractivity contribution in [2.24, 2.45) is 5.73 Å². The Labute approximate surface area is 87.8 Å². The number of aliphatic hydroxyl groups is 1. The Bertz CT molecular complexity index is 354. The molecule has 0 aliphatic heterocycles. The van der Waals surface area contributed by atoms with Crippen molar-refractivity contribution >= 4 is 0 Å². The van der Waals surface area contributed by atoms with Crippen molar-refractivity contribution in [3.05, 3.63) is 11.4 Å². The minimum Gasteiger partial charge on any atom is -0.390 e. The predicted octanol–water partition coefficient (Wildman–Crippen LogP) is 0.302. The molecule has 0 aliphatic carbocycles. The van der Waals surface area contributed by atoms with Crippen LogP contribution >= 0.6 is 0 Å². The summed E-state index contributed by atoms with van der Waals surface area (Å²) in [4.78, 5) is 0. The van der Waals surface area contributed by atoms with E-state index in [1.165, 1.54) is 0 Å². The van der Waals surface area contributed by atoms with Gasteiger partial charge in [-0.15, -0.1) is 5.10 Å². The number of rotatable bonds is 5. The van der Waals surface area contributed by atoms with Gasteiger partial charge in [-0.2, -0.15) is 0 Å². The van der Waals surface area contributed by atoms with Gasteiger partial charge in [0.2, 0.25) is 0 Å². The smallest absolute Gasteiger partial charge is 0.289 e. The normalized spacial score (nSPS) is 12.4. The summed E-state index contributed by atoms with van der Waals surface area (Å²) in [5.74, 6) is -3.52. The van der Waals surface area contributed by atoms with Crippen molar-refractivity contribution < 1.29 is 22.7 Å². The van der Waals surface area contributed by atoms with Gasteiger partial charge in [0.25, 0.3) is 12.3 Å². The summed E-state index contributed by atoms with van der Waals surface area (Å²) in [5, 5.41) is 14.7. The molecule has 3 N–H and O–H groups in total. The molecule has 5 nitrogen and oxygen atoms in total. The van der Waals surface area contributed by atoms with E-state index in [9.17, 15) is 17.6 Å². The zero-order chi connectivity index (χ0) is 12.3. The van der Waals surface area contributed by atoms with Gasteiger partial charge in [-0.25, -0.2) is 22.2 Å². The number of nitrogens with two attached hydrogens (primary N) is 1. The molecule has 1 heterocycles. The lowest BCUT2D eigenvalue weighted by Crippen LogP contribution is -2.29. The quantitative estimate of drug-likeness (QED) is 0.728. The molecule has 0 bridgehead atoms. The summed E-state index contributed by atoms with van der Waals surface area (Å²) < 4.78 is 51.0. The molecule has 1 aromatic heterocycles. The monoisotopic (exact) mass is 242 g/mol. The van der Waals surface area contributed by atoms with E-state index in [-0.39, 0.29) is 12.2 Å². The summed E-state index contributed by atoms with van der Waals surface area (Å²) in [7, 11) is 0. The first-order chi connectivity index (χ1) is 7.41. The molecule has 0 aliphatic rings. The van der Waals surface area contributed by atoms with E-state index in [1.807, 2.05) is 0 Å². The van der Waals surface area contributed by atoms with Crippen LogP contribution in [0.25, 0.3) is 0 Å². The van der Waals surface area contributed by atoms with Crippen LogP contribution in [0, 0.1) is 0 Å². The highest BCUT2D eigenvalue weighted by Crippen LogP contribution is 2.24. The second-order valence-corrected chi connectivity index (χ2v) is 3.10. The van der Waals surface area contributed by atoms with E-state index in [2.05, 4.69) is 10.3 Å². The number of aliphatic hydroxyl groups excluding tert-OH is 1. The summed E-state index contributed by atoms with van der Waals surface area (Å²) in [6, 6.07) is 0. The van der Waals surface area contributed by atoms with Crippen molar-refractivity contribution in [3.63, 3.8) is 0 Å². The van der Waals surface area contributed by atoms with Crippen LogP contribution in [0.2, 0.25) is 0 Å². The third-order valence-corrected chi connectivity index (χ3v) is 1.86. The maximum atomic E-state index is 12.8. The highest BCUT2D eigenvalue weighted by molar-refractivity contribution is 5.11. The lowest BCUT2D eigenvalue weighted by Gasteiger charge is -2.14. The summed E-state index contributed by atoms with van der Waals surface area (Å²) in [6.45, 7) is -2.92. The molecular formula is C7H10F4N4O. The van der Waals surface area contributed by atoms with Crippen LogP contribution in [0.3, 0.4) is 0 Å². The van der Waals surface area contributed by atoms with E-state index in [0.29, 0.717) is 4.68 Å². The summed E-state index contributed by atoms with van der Waals surface area (Å²) in [5.41, 5.74) is 4.14. The van der Waals surface area contributed by atoms with Gasteiger partial charge in [0.1, 0.15) is 24.5 Å². The molecule has 1 rings (SSSR count). The molecule has 0 radical (unpaired) electrons. The highest BCUT2D eigenvalue weighted by atomic mass is 19.3. The molecule has 0 fully saturated rings. The SMILES string of the molecule is NCc1nnn(CC(F)(F)CO)c1C(F)F. The van der Waals surface area contributed by atoms with Gasteiger partial charge in [0.15, 0.2) is 0 Å². The van der Waals surface area contributed by atoms with Gasteiger partial charge in [0.05, 0.1) is 0 Å². The summed E-state index contributed by atoms with van der Waals surface area (Å²) >= 11 is 0. The van der Waals surface area contributed by atoms with Gasteiger partial charge in [-0.1, -0.05) is 5.21 Å². The van der Waals surface area contributed by atoms with E-state index in [1.54, 1.807) is 0 Å². The van der Waals surface area contributed by atoms with E-state index in [4.69, 9.17) is 10.8 Å². The largest absolute Gasteiger partial charge is 0.390 e. The zero-order valence-corrected chi connectivity index (χ0v) is 8.08. The molecule has 0 saturated heterocycles. The first-order valence-corrected chi connectivity index (χ1v) is 4.30. The fourth-order valence-electron chi connectivity index (χ4n) is 1.13. The fraction of sp³-hybridized carbons (Fsp3) is 0.714. The zero-order valence-electron chi connectivity index (χ0n) is 8.08. The maximum Gasteiger partial charge on any atom is 0.289 e. The Balaban J connectivity index is 3.01. The predicted molar refractivity (Wildman–Crippen MR) is 44.9 cm³/mol. The molecular weight excluding hydrogens is 232 g/mol. The first kappa shape index (κ1) is 12.8. The fourth-order valence-corrected chi connectivity index (χ4v) is 1.13. The molecule has 92 valence electrons. The lowest BCUT2D eigenvalue weighted by molar-refractivity contribution is -0.0673. The topological polar surface area (TPSA) is 77.0 Å². The maximum absolute atomic E-state index is 12.8. The molecule has 0 saturated carbocycles. The number of hydrogen-bond donors (Lipinski definition) is 2. The molecule has 1 aromatic rings. The first-order valence-electron chi connectivity index (χ1n) is 4.30. The van der Waals surface area contributed by atoms with Crippen molar-refractivity contribution in [2.45, 2.75) is 25.4 Å². The standard InChI is InChI=1S/C7H10F4N4O/c8-6(9)5-4(1-12)13-14-15(5)2-7(10,11)3-16/h6,16H,1-3,12H2. The Morgan fingerprint density at radius 1 is 1.44 bits per heavy atom. The van der Waals surface area contributed by atoms with Crippen LogP contribution in [0.15, 0.2) is 0 Å². The Hall–Kier alpha value is -1.22. The Kier molecular flexibility index (Phi) is 3.81. The van der Waals surface area contributed by atoms with Crippen molar-refractivity contribution in [1.82, 2.24) is 15.0 Å². The number of alkyl halides is 4. The van der Waals surface area contributed by atoms with Crippen LogP contribution in [-0.2, 0) is 13.1 Å². The third-order valence-electron chi connectivity index (χ3n) is 1.86. The average molecular weight is 242 g/mol. The van der Waals surface area contributed by atoms with Crippen LogP contribution in [0.4, 0.5) is 17.6 Å². The third kappa shape index (κ3) is 2.67. The van der Waals surface area contributed by atoms with Crippen molar-refractivity contribution in [2.75, 3.05) is 6.61 Å². The number of nitrogens with zero attached hydrogens (tertiary/aromatic N) is 3. The van der Waals surface area contributed by atoms with Gasteiger partial charge in [-0.05, 0) is 0 Å². The minimum absolute atomic E-state index is 0.233. The van der Waals surface area contributed by atoms with Crippen LogP contribution in [0.5, 0.6) is 0 Å². The second-order valence-electron chi connectivity index (χ2n) is 3.10. The van der Waals surface area contributed by atoms with Gasteiger partial charge < -0.3 is 10.8 Å². The Morgan fingerprint density at radius 2 is 2.06 bits per heavy atom. The summed E-state index contributed by atoms with van der Waals surface area (Å²) in [6.07, 6.45) is -3.00. The van der Waals surface area contributed by atoms with E-state index < -0.39 is 31.2 Å². The van der Waals surface area contributed by atoms with Crippen molar-refractivity contribution in [1.29, 1.82) is 0 Å². The molecule has 0 unspecified atom stereocenters. The van der Waals surface area contributed by atoms with E-state index in [0.717, 1.165) is 0 Å². The van der Waals surface area contributed by atoms with Gasteiger partial charge in [-0.3, -0.25) is 0 Å². The molecule has 0 aromatic carbocycles. The molecule has 16 heavy (non-hydrogen) atoms. The average Bonchev–Trinajstić information content (AvgIpc) is 2.60. The van der Waals surface area contributed by atoms with Crippen molar-refractivity contribution in [3.8, 4) is 0 Å². The lowest BCUT2D eigenvalue weighted by atomic mass is 10.3. The number of halogens is 4. The van der Waals surface area contributed by atoms with E-state index >= 15 is 0 Å². The number of aromatic nitrogens is 3.